The SMILES string of the molecule is COC(CN(C(=O)ON)S(=O)[O-])OC. The standard InChI is InChI=1S/C5H12N2O6S/c1-11-4(12-2)3-7(14(9)10)5(8)13-6/h4H,3,6H2,1-2H3,(H,9,10)/p-1. The molecule has 0 aromatic carbocycles. The molecule has 0 rings (SSSR count). The average molecular weight is 227 g/mol. The van der Waals surface area contributed by atoms with Gasteiger partial charge in [0, 0.05) is 14.2 Å². The van der Waals surface area contributed by atoms with Crippen molar-refractivity contribution in [2.75, 3.05) is 20.8 Å². The zero-order valence-electron chi connectivity index (χ0n) is 7.67. The van der Waals surface area contributed by atoms with E-state index in [1.165, 1.54) is 14.2 Å². The summed E-state index contributed by atoms with van der Waals surface area (Å²) in [5.41, 5.74) is 0. The predicted octanol–water partition coefficient (Wildman–Crippen LogP) is -1.29. The predicted molar refractivity (Wildman–Crippen MR) is 44.1 cm³/mol. The highest BCUT2D eigenvalue weighted by atomic mass is 32.2. The number of hydrogen-bond acceptors (Lipinski definition) is 7. The van der Waals surface area contributed by atoms with Gasteiger partial charge in [0.2, 0.25) is 0 Å². The van der Waals surface area contributed by atoms with Crippen LogP contribution in [0.1, 0.15) is 0 Å². The zero-order valence-corrected chi connectivity index (χ0v) is 8.48. The van der Waals surface area contributed by atoms with Gasteiger partial charge in [0.15, 0.2) is 6.29 Å². The van der Waals surface area contributed by atoms with E-state index in [-0.39, 0.29) is 6.54 Å². The molecule has 0 spiro atoms. The molecule has 0 saturated heterocycles. The molecule has 0 aromatic rings. The third-order valence-corrected chi connectivity index (χ3v) is 1.98. The molecule has 0 bridgehead atoms. The Morgan fingerprint density at radius 3 is 2.36 bits per heavy atom. The molecule has 1 unspecified atom stereocenters. The molecule has 1 amide bonds. The van der Waals surface area contributed by atoms with Crippen molar-refractivity contribution >= 4 is 17.4 Å². The molecule has 9 heteroatoms. The van der Waals surface area contributed by atoms with Gasteiger partial charge in [0.25, 0.3) is 0 Å². The maximum atomic E-state index is 10.8. The van der Waals surface area contributed by atoms with Crippen LogP contribution in [-0.4, -0.2) is 46.2 Å². The molecule has 8 nitrogen and oxygen atoms in total. The summed E-state index contributed by atoms with van der Waals surface area (Å²) in [5, 5.41) is 0. The largest absolute Gasteiger partial charge is 0.755 e. The second-order valence-corrected chi connectivity index (χ2v) is 2.94. The lowest BCUT2D eigenvalue weighted by Crippen LogP contribution is -2.41. The van der Waals surface area contributed by atoms with Crippen molar-refractivity contribution in [2.45, 2.75) is 6.29 Å². The lowest BCUT2D eigenvalue weighted by molar-refractivity contribution is -0.106. The van der Waals surface area contributed by atoms with Crippen molar-refractivity contribution in [2.24, 2.45) is 5.90 Å². The fourth-order valence-corrected chi connectivity index (χ4v) is 1.04. The van der Waals surface area contributed by atoms with E-state index in [1.807, 2.05) is 0 Å². The lowest BCUT2D eigenvalue weighted by atomic mass is 10.6. The summed E-state index contributed by atoms with van der Waals surface area (Å²) in [4.78, 5) is 14.5. The van der Waals surface area contributed by atoms with E-state index in [4.69, 9.17) is 0 Å². The minimum absolute atomic E-state index is 0.331. The molecule has 1 atom stereocenters. The Kier molecular flexibility index (Phi) is 6.32. The quantitative estimate of drug-likeness (QED) is 0.353. The summed E-state index contributed by atoms with van der Waals surface area (Å²) in [6, 6.07) is 0. The Bertz CT molecular complexity index is 208. The van der Waals surface area contributed by atoms with Crippen molar-refractivity contribution in [3.8, 4) is 0 Å². The summed E-state index contributed by atoms with van der Waals surface area (Å²) in [6.07, 6.45) is -2.08. The van der Waals surface area contributed by atoms with Gasteiger partial charge >= 0.3 is 6.09 Å². The maximum absolute atomic E-state index is 10.8. The van der Waals surface area contributed by atoms with Crippen LogP contribution in [0.3, 0.4) is 0 Å². The van der Waals surface area contributed by atoms with E-state index >= 15 is 0 Å². The van der Waals surface area contributed by atoms with Crippen LogP contribution >= 0.6 is 0 Å². The topological polar surface area (TPSA) is 114 Å². The van der Waals surface area contributed by atoms with Gasteiger partial charge in [-0.1, -0.05) is 0 Å². The molecule has 84 valence electrons. The first-order valence-corrected chi connectivity index (χ1v) is 4.43. The van der Waals surface area contributed by atoms with Gasteiger partial charge < -0.3 is 18.9 Å². The smallest absolute Gasteiger partial charge is 0.439 e. The number of methoxy groups -OCH3 is 2. The van der Waals surface area contributed by atoms with Gasteiger partial charge in [-0.05, 0) is 0 Å². The van der Waals surface area contributed by atoms with E-state index in [0.29, 0.717) is 4.31 Å². The van der Waals surface area contributed by atoms with Gasteiger partial charge in [0.05, 0.1) is 17.8 Å². The van der Waals surface area contributed by atoms with Crippen molar-refractivity contribution in [3.05, 3.63) is 0 Å². The van der Waals surface area contributed by atoms with Gasteiger partial charge in [-0.3, -0.25) is 4.21 Å². The lowest BCUT2D eigenvalue weighted by Gasteiger charge is -2.25. The Morgan fingerprint density at radius 2 is 2.07 bits per heavy atom. The van der Waals surface area contributed by atoms with Crippen molar-refractivity contribution in [1.82, 2.24) is 4.31 Å². The summed E-state index contributed by atoms with van der Waals surface area (Å²) in [7, 11) is 2.60. The molecule has 0 saturated carbocycles. The van der Waals surface area contributed by atoms with Crippen LogP contribution < -0.4 is 5.90 Å². The minimum atomic E-state index is -2.79. The van der Waals surface area contributed by atoms with Gasteiger partial charge in [0.1, 0.15) is 0 Å². The molecule has 0 aliphatic rings. The van der Waals surface area contributed by atoms with Crippen LogP contribution in [0, 0.1) is 0 Å². The molecule has 14 heavy (non-hydrogen) atoms. The summed E-state index contributed by atoms with van der Waals surface area (Å²) in [5.74, 6) is 4.52. The number of hydrogen-bond donors (Lipinski definition) is 1. The van der Waals surface area contributed by atoms with Gasteiger partial charge in [-0.15, -0.1) is 0 Å². The van der Waals surface area contributed by atoms with Crippen LogP contribution in [0.5, 0.6) is 0 Å². The number of rotatable bonds is 5. The van der Waals surface area contributed by atoms with Crippen LogP contribution in [0.15, 0.2) is 0 Å². The molecular weight excluding hydrogens is 216 g/mol. The molecule has 0 aliphatic carbocycles. The first-order valence-electron chi connectivity index (χ1n) is 3.40. The van der Waals surface area contributed by atoms with E-state index < -0.39 is 23.6 Å². The third kappa shape index (κ3) is 3.98. The molecule has 2 N–H and O–H groups in total. The van der Waals surface area contributed by atoms with E-state index in [0.717, 1.165) is 0 Å². The third-order valence-electron chi connectivity index (χ3n) is 1.33. The number of carbonyl (C=O) groups excluding carboxylic acids is 1. The fourth-order valence-electron chi connectivity index (χ4n) is 0.636. The highest BCUT2D eigenvalue weighted by molar-refractivity contribution is 7.77. The van der Waals surface area contributed by atoms with E-state index in [9.17, 15) is 13.6 Å². The summed E-state index contributed by atoms with van der Waals surface area (Å²) in [6.45, 7) is -0.334. The average Bonchev–Trinajstić information content (AvgIpc) is 2.18. The van der Waals surface area contributed by atoms with Crippen LogP contribution in [0.2, 0.25) is 0 Å². The monoisotopic (exact) mass is 227 g/mol. The number of carbonyl (C=O) groups is 1. The van der Waals surface area contributed by atoms with Gasteiger partial charge in [-0.2, -0.15) is 5.90 Å². The Labute approximate surface area is 83.3 Å². The number of ether oxygens (including phenoxy) is 2. The second kappa shape index (κ2) is 6.68. The van der Waals surface area contributed by atoms with Crippen LogP contribution in [0.4, 0.5) is 4.79 Å². The number of nitrogens with zero attached hydrogens (tertiary/aromatic N) is 1. The van der Waals surface area contributed by atoms with Gasteiger partial charge in [-0.25, -0.2) is 9.10 Å². The molecule has 0 aliphatic heterocycles. The van der Waals surface area contributed by atoms with Crippen molar-refractivity contribution < 1.29 is 27.9 Å². The Morgan fingerprint density at radius 1 is 1.57 bits per heavy atom. The highest BCUT2D eigenvalue weighted by Crippen LogP contribution is 2.01. The summed E-state index contributed by atoms with van der Waals surface area (Å²) < 4.78 is 30.8. The van der Waals surface area contributed by atoms with E-state index in [2.05, 4.69) is 20.2 Å². The summed E-state index contributed by atoms with van der Waals surface area (Å²) >= 11 is -2.79. The van der Waals surface area contributed by atoms with Crippen LogP contribution in [0.25, 0.3) is 0 Å². The second-order valence-electron chi connectivity index (χ2n) is 2.06. The molecular formula is C5H11N2O6S-. The highest BCUT2D eigenvalue weighted by Gasteiger charge is 2.20. The zero-order chi connectivity index (χ0) is 11.1. The number of amides is 1. The molecule has 0 fully saturated rings. The molecule has 0 radical (unpaired) electrons. The van der Waals surface area contributed by atoms with Crippen LogP contribution in [-0.2, 0) is 25.6 Å². The molecule has 0 heterocycles. The Balaban J connectivity index is 4.36. The minimum Gasteiger partial charge on any atom is -0.755 e. The fraction of sp³-hybridized carbons (Fsp3) is 0.800. The van der Waals surface area contributed by atoms with E-state index in [1.54, 1.807) is 0 Å². The normalized spacial score (nSPS) is 12.6. The number of nitrogens with two attached hydrogens (primary N) is 1. The van der Waals surface area contributed by atoms with Crippen molar-refractivity contribution in [3.63, 3.8) is 0 Å². The maximum Gasteiger partial charge on any atom is 0.439 e. The van der Waals surface area contributed by atoms with Crippen molar-refractivity contribution in [1.29, 1.82) is 0 Å². The first-order chi connectivity index (χ1) is 6.56. The molecule has 0 aromatic heterocycles. The Hall–Kier alpha value is -0.740. The first kappa shape index (κ1) is 13.3.